The molecule has 1 aliphatic heterocycles. The van der Waals surface area contributed by atoms with E-state index in [0.717, 1.165) is 45.1 Å². The summed E-state index contributed by atoms with van der Waals surface area (Å²) in [5.74, 6) is 0.0674. The quantitative estimate of drug-likeness (QED) is 0.803. The van der Waals surface area contributed by atoms with Crippen molar-refractivity contribution < 1.29 is 9.53 Å². The number of ether oxygens (including phenoxy) is 1. The van der Waals surface area contributed by atoms with Crippen LogP contribution < -0.4 is 11.1 Å². The second-order valence-electron chi connectivity index (χ2n) is 6.15. The first-order chi connectivity index (χ1) is 8.50. The van der Waals surface area contributed by atoms with Crippen LogP contribution in [0.2, 0.25) is 0 Å². The van der Waals surface area contributed by atoms with Crippen LogP contribution in [0.25, 0.3) is 0 Å². The molecule has 2 aliphatic rings. The lowest BCUT2D eigenvalue weighted by Crippen LogP contribution is -2.55. The average molecular weight is 254 g/mol. The Morgan fingerprint density at radius 2 is 2.17 bits per heavy atom. The summed E-state index contributed by atoms with van der Waals surface area (Å²) in [6, 6.07) is 0.0951. The maximum Gasteiger partial charge on any atom is 0.225 e. The molecule has 4 heteroatoms. The van der Waals surface area contributed by atoms with E-state index in [1.165, 1.54) is 0 Å². The van der Waals surface area contributed by atoms with E-state index in [0.29, 0.717) is 0 Å². The molecule has 104 valence electrons. The maximum absolute atomic E-state index is 12.3. The highest BCUT2D eigenvalue weighted by Crippen LogP contribution is 2.31. The van der Waals surface area contributed by atoms with Crippen LogP contribution in [0.1, 0.15) is 52.4 Å². The van der Waals surface area contributed by atoms with Crippen LogP contribution in [-0.2, 0) is 9.53 Å². The van der Waals surface area contributed by atoms with Crippen LogP contribution >= 0.6 is 0 Å². The molecule has 0 spiro atoms. The second-order valence-corrected chi connectivity index (χ2v) is 6.15. The van der Waals surface area contributed by atoms with Gasteiger partial charge in [0.2, 0.25) is 5.91 Å². The number of hydrogen-bond donors (Lipinski definition) is 2. The minimum atomic E-state index is -0.349. The second kappa shape index (κ2) is 5.57. The highest BCUT2D eigenvalue weighted by Gasteiger charge is 2.38. The number of hydrogen-bond acceptors (Lipinski definition) is 3. The van der Waals surface area contributed by atoms with Crippen LogP contribution in [0.3, 0.4) is 0 Å². The third-order valence-corrected chi connectivity index (χ3v) is 4.46. The van der Waals surface area contributed by atoms with Crippen LogP contribution in [0.5, 0.6) is 0 Å². The van der Waals surface area contributed by atoms with Gasteiger partial charge in [-0.05, 0) is 39.5 Å². The van der Waals surface area contributed by atoms with Gasteiger partial charge in [-0.3, -0.25) is 4.79 Å². The Balaban J connectivity index is 1.90. The minimum absolute atomic E-state index is 0.0462. The molecule has 0 bridgehead atoms. The summed E-state index contributed by atoms with van der Waals surface area (Å²) in [6.45, 7) is 4.86. The summed E-state index contributed by atoms with van der Waals surface area (Å²) < 4.78 is 5.61. The summed E-state index contributed by atoms with van der Waals surface area (Å²) in [5, 5.41) is 3.10. The van der Waals surface area contributed by atoms with E-state index in [4.69, 9.17) is 10.5 Å². The Hall–Kier alpha value is -0.610. The van der Waals surface area contributed by atoms with Gasteiger partial charge in [0.1, 0.15) is 0 Å². The fraction of sp³-hybridized carbons (Fsp3) is 0.929. The predicted octanol–water partition coefficient (Wildman–Crippen LogP) is 1.58. The summed E-state index contributed by atoms with van der Waals surface area (Å²) >= 11 is 0. The third kappa shape index (κ3) is 3.04. The Morgan fingerprint density at radius 1 is 1.39 bits per heavy atom. The molecular formula is C14H26N2O2. The standard InChI is InChI=1S/C14H26N2O2/c1-10(12-7-5-9-18-12)16-13(17)11-6-3-4-8-14(11,2)15/h10-12H,3-9,15H2,1-2H3,(H,16,17). The Bertz CT molecular complexity index is 298. The fourth-order valence-electron chi connectivity index (χ4n) is 3.20. The van der Waals surface area contributed by atoms with E-state index in [1.807, 2.05) is 13.8 Å². The van der Waals surface area contributed by atoms with Gasteiger partial charge < -0.3 is 15.8 Å². The monoisotopic (exact) mass is 254 g/mol. The van der Waals surface area contributed by atoms with Crippen molar-refractivity contribution >= 4 is 5.91 Å². The summed E-state index contributed by atoms with van der Waals surface area (Å²) in [6.07, 6.45) is 6.43. The number of rotatable bonds is 3. The van der Waals surface area contributed by atoms with Crippen molar-refractivity contribution in [3.8, 4) is 0 Å². The van der Waals surface area contributed by atoms with Gasteiger partial charge in [-0.25, -0.2) is 0 Å². The summed E-state index contributed by atoms with van der Waals surface area (Å²) in [4.78, 5) is 12.3. The molecule has 0 aromatic carbocycles. The smallest absolute Gasteiger partial charge is 0.225 e. The third-order valence-electron chi connectivity index (χ3n) is 4.46. The van der Waals surface area contributed by atoms with Crippen molar-refractivity contribution in [3.63, 3.8) is 0 Å². The molecule has 18 heavy (non-hydrogen) atoms. The zero-order valence-corrected chi connectivity index (χ0v) is 11.6. The van der Waals surface area contributed by atoms with Crippen LogP contribution in [0, 0.1) is 5.92 Å². The highest BCUT2D eigenvalue weighted by molar-refractivity contribution is 5.80. The Kier molecular flexibility index (Phi) is 4.28. The SMILES string of the molecule is CC(NC(=O)C1CCCCC1(C)N)C1CCCO1. The van der Waals surface area contributed by atoms with Gasteiger partial charge >= 0.3 is 0 Å². The topological polar surface area (TPSA) is 64.4 Å². The lowest BCUT2D eigenvalue weighted by molar-refractivity contribution is -0.129. The minimum Gasteiger partial charge on any atom is -0.376 e. The van der Waals surface area contributed by atoms with Gasteiger partial charge in [0.15, 0.2) is 0 Å². The molecular weight excluding hydrogens is 228 g/mol. The number of carbonyl (C=O) groups excluding carboxylic acids is 1. The summed E-state index contributed by atoms with van der Waals surface area (Å²) in [7, 11) is 0. The molecule has 4 unspecified atom stereocenters. The van der Waals surface area contributed by atoms with E-state index >= 15 is 0 Å². The van der Waals surface area contributed by atoms with Gasteiger partial charge in [0, 0.05) is 12.1 Å². The van der Waals surface area contributed by atoms with Gasteiger partial charge in [-0.2, -0.15) is 0 Å². The molecule has 0 radical (unpaired) electrons. The van der Waals surface area contributed by atoms with Gasteiger partial charge in [-0.1, -0.05) is 12.8 Å². The van der Waals surface area contributed by atoms with Crippen molar-refractivity contribution in [1.29, 1.82) is 0 Å². The predicted molar refractivity (Wildman–Crippen MR) is 71.1 cm³/mol. The molecule has 0 aromatic rings. The molecule has 1 aliphatic carbocycles. The largest absolute Gasteiger partial charge is 0.376 e. The van der Waals surface area contributed by atoms with Crippen LogP contribution in [0.4, 0.5) is 0 Å². The van der Waals surface area contributed by atoms with Crippen molar-refractivity contribution in [2.24, 2.45) is 11.7 Å². The molecule has 1 heterocycles. The molecule has 2 fully saturated rings. The number of nitrogens with one attached hydrogen (secondary N) is 1. The first-order valence-corrected chi connectivity index (χ1v) is 7.21. The molecule has 4 atom stereocenters. The molecule has 1 saturated carbocycles. The average Bonchev–Trinajstić information content (AvgIpc) is 2.81. The summed E-state index contributed by atoms with van der Waals surface area (Å²) in [5.41, 5.74) is 5.91. The maximum atomic E-state index is 12.3. The van der Waals surface area contributed by atoms with Crippen molar-refractivity contribution in [2.45, 2.75) is 70.1 Å². The van der Waals surface area contributed by atoms with Crippen LogP contribution in [0.15, 0.2) is 0 Å². The molecule has 4 nitrogen and oxygen atoms in total. The normalized spacial score (nSPS) is 38.4. The fourth-order valence-corrected chi connectivity index (χ4v) is 3.20. The van der Waals surface area contributed by atoms with E-state index in [-0.39, 0.29) is 29.5 Å². The number of amides is 1. The van der Waals surface area contributed by atoms with Gasteiger partial charge in [0.05, 0.1) is 18.1 Å². The lowest BCUT2D eigenvalue weighted by atomic mass is 9.74. The number of carbonyl (C=O) groups is 1. The number of nitrogens with two attached hydrogens (primary N) is 1. The van der Waals surface area contributed by atoms with Crippen molar-refractivity contribution in [2.75, 3.05) is 6.61 Å². The van der Waals surface area contributed by atoms with E-state index < -0.39 is 0 Å². The first kappa shape index (κ1) is 13.8. The highest BCUT2D eigenvalue weighted by atomic mass is 16.5. The Labute approximate surface area is 110 Å². The first-order valence-electron chi connectivity index (χ1n) is 7.21. The van der Waals surface area contributed by atoms with Crippen molar-refractivity contribution in [1.82, 2.24) is 5.32 Å². The van der Waals surface area contributed by atoms with E-state index in [1.54, 1.807) is 0 Å². The zero-order valence-electron chi connectivity index (χ0n) is 11.6. The van der Waals surface area contributed by atoms with Gasteiger partial charge in [0.25, 0.3) is 0 Å². The van der Waals surface area contributed by atoms with E-state index in [9.17, 15) is 4.79 Å². The van der Waals surface area contributed by atoms with Crippen molar-refractivity contribution in [3.05, 3.63) is 0 Å². The van der Waals surface area contributed by atoms with Crippen LogP contribution in [-0.4, -0.2) is 30.2 Å². The molecule has 3 N–H and O–H groups in total. The van der Waals surface area contributed by atoms with E-state index in [2.05, 4.69) is 5.32 Å². The zero-order chi connectivity index (χ0) is 13.2. The molecule has 1 saturated heterocycles. The Morgan fingerprint density at radius 3 is 2.78 bits per heavy atom. The lowest BCUT2D eigenvalue weighted by Gasteiger charge is -2.38. The van der Waals surface area contributed by atoms with Gasteiger partial charge in [-0.15, -0.1) is 0 Å². The molecule has 1 amide bonds. The molecule has 2 rings (SSSR count). The molecule has 0 aromatic heterocycles.